The van der Waals surface area contributed by atoms with E-state index in [1.54, 1.807) is 61.7 Å². The summed E-state index contributed by atoms with van der Waals surface area (Å²) >= 11 is 0. The molecule has 8 heteroatoms. The Morgan fingerprint density at radius 3 is 2.36 bits per heavy atom. The highest BCUT2D eigenvalue weighted by molar-refractivity contribution is 7.92. The number of nitrogens with zero attached hydrogens (tertiary/aromatic N) is 1. The van der Waals surface area contributed by atoms with E-state index in [4.69, 9.17) is 9.47 Å². The van der Waals surface area contributed by atoms with Crippen LogP contribution in [-0.4, -0.2) is 66.1 Å². The molecule has 1 fully saturated rings. The van der Waals surface area contributed by atoms with Crippen molar-refractivity contribution in [2.24, 2.45) is 0 Å². The van der Waals surface area contributed by atoms with Crippen LogP contribution < -0.4 is 13.9 Å². The van der Waals surface area contributed by atoms with Crippen molar-refractivity contribution in [3.8, 4) is 5.75 Å². The van der Waals surface area contributed by atoms with Gasteiger partial charge in [-0.05, 0) is 36.4 Å². The molecule has 152 valence electrons. The molecule has 0 bridgehead atoms. The molecule has 2 aromatic carbocycles. The lowest BCUT2D eigenvalue weighted by atomic mass is 10.2. The van der Waals surface area contributed by atoms with Gasteiger partial charge in [-0.2, -0.15) is 0 Å². The van der Waals surface area contributed by atoms with Crippen molar-refractivity contribution in [1.82, 2.24) is 0 Å². The van der Waals surface area contributed by atoms with Gasteiger partial charge in [0, 0.05) is 0 Å². The summed E-state index contributed by atoms with van der Waals surface area (Å²) in [6, 6.07) is 15.1. The molecule has 0 aromatic heterocycles. The minimum absolute atomic E-state index is 0.0199. The number of nitrogens with one attached hydrogen (secondary N) is 1. The molecule has 1 heterocycles. The number of sulfonamides is 1. The Kier molecular flexibility index (Phi) is 6.90. The largest absolute Gasteiger partial charge is 0.497 e. The average molecular weight is 408 g/mol. The summed E-state index contributed by atoms with van der Waals surface area (Å²) in [6.07, 6.45) is -0.798. The van der Waals surface area contributed by atoms with Crippen molar-refractivity contribution in [2.75, 3.05) is 50.8 Å². The van der Waals surface area contributed by atoms with Gasteiger partial charge in [-0.1, -0.05) is 18.2 Å². The van der Waals surface area contributed by atoms with E-state index < -0.39 is 16.1 Å². The van der Waals surface area contributed by atoms with Gasteiger partial charge in [0.1, 0.15) is 31.5 Å². The highest BCUT2D eigenvalue weighted by Crippen LogP contribution is 2.26. The molecule has 3 rings (SSSR count). The number of hydrogen-bond acceptors (Lipinski definition) is 5. The zero-order valence-electron chi connectivity index (χ0n) is 16.0. The molecule has 7 nitrogen and oxygen atoms in total. The first-order valence-electron chi connectivity index (χ1n) is 9.32. The summed E-state index contributed by atoms with van der Waals surface area (Å²) in [5.74, 6) is 0.638. The number of hydrogen-bond donors (Lipinski definition) is 2. The smallest absolute Gasteiger partial charge is 0.264 e. The van der Waals surface area contributed by atoms with Crippen molar-refractivity contribution in [2.45, 2.75) is 11.0 Å². The summed E-state index contributed by atoms with van der Waals surface area (Å²) in [5.41, 5.74) is 0.487. The summed E-state index contributed by atoms with van der Waals surface area (Å²) in [6.45, 7) is 3.39. The van der Waals surface area contributed by atoms with Crippen LogP contribution in [0.5, 0.6) is 5.75 Å². The van der Waals surface area contributed by atoms with E-state index in [2.05, 4.69) is 0 Å². The molecule has 1 atom stereocenters. The zero-order valence-corrected chi connectivity index (χ0v) is 16.8. The topological polar surface area (TPSA) is 80.5 Å². The van der Waals surface area contributed by atoms with Crippen LogP contribution in [0.2, 0.25) is 0 Å². The minimum atomic E-state index is -3.81. The normalized spacial score (nSPS) is 16.5. The number of rotatable bonds is 8. The van der Waals surface area contributed by atoms with Gasteiger partial charge in [-0.25, -0.2) is 8.42 Å². The van der Waals surface area contributed by atoms with Crippen LogP contribution in [-0.2, 0) is 14.8 Å². The Labute approximate surface area is 166 Å². The molecule has 0 aliphatic carbocycles. The monoisotopic (exact) mass is 407 g/mol. The summed E-state index contributed by atoms with van der Waals surface area (Å²) in [7, 11) is -2.25. The quantitative estimate of drug-likeness (QED) is 0.652. The van der Waals surface area contributed by atoms with Gasteiger partial charge in [0.15, 0.2) is 0 Å². The Morgan fingerprint density at radius 1 is 1.11 bits per heavy atom. The third-order valence-corrected chi connectivity index (χ3v) is 6.60. The van der Waals surface area contributed by atoms with Gasteiger partial charge >= 0.3 is 0 Å². The number of ether oxygens (including phenoxy) is 2. The summed E-state index contributed by atoms with van der Waals surface area (Å²) in [4.78, 5) is 1.40. The lowest BCUT2D eigenvalue weighted by molar-refractivity contribution is -0.910. The predicted octanol–water partition coefficient (Wildman–Crippen LogP) is 0.167. The Bertz CT molecular complexity index is 837. The van der Waals surface area contributed by atoms with Crippen LogP contribution in [0.15, 0.2) is 59.5 Å². The minimum Gasteiger partial charge on any atom is -0.497 e. The number of morpholine rings is 1. The lowest BCUT2D eigenvalue weighted by Gasteiger charge is -2.30. The van der Waals surface area contributed by atoms with Gasteiger partial charge < -0.3 is 19.5 Å². The van der Waals surface area contributed by atoms with E-state index in [0.29, 0.717) is 31.2 Å². The van der Waals surface area contributed by atoms with E-state index in [9.17, 15) is 13.5 Å². The third-order valence-electron chi connectivity index (χ3n) is 4.79. The van der Waals surface area contributed by atoms with Crippen molar-refractivity contribution in [3.05, 3.63) is 54.6 Å². The maximum Gasteiger partial charge on any atom is 0.264 e. The molecule has 28 heavy (non-hydrogen) atoms. The zero-order chi connectivity index (χ0) is 20.0. The van der Waals surface area contributed by atoms with Gasteiger partial charge in [0.25, 0.3) is 10.0 Å². The molecule has 0 spiro atoms. The first kappa shape index (κ1) is 20.6. The van der Waals surface area contributed by atoms with Crippen molar-refractivity contribution < 1.29 is 27.9 Å². The van der Waals surface area contributed by atoms with Crippen LogP contribution in [0, 0.1) is 0 Å². The molecule has 1 saturated heterocycles. The molecule has 2 aromatic rings. The number of quaternary nitrogens is 1. The summed E-state index contributed by atoms with van der Waals surface area (Å²) < 4.78 is 38.3. The van der Waals surface area contributed by atoms with Crippen LogP contribution >= 0.6 is 0 Å². The molecular weight excluding hydrogens is 380 g/mol. The molecule has 0 radical (unpaired) electrons. The van der Waals surface area contributed by atoms with Crippen LogP contribution in [0.1, 0.15) is 0 Å². The standard InChI is InChI=1S/C20H26N2O5S/c1-26-19-9-7-17(8-10-19)22(28(24,25)20-5-3-2-4-6-20)16-18(23)15-21-11-13-27-14-12-21/h2-10,18,23H,11-16H2,1H3/p+1. The Balaban J connectivity index is 1.85. The maximum atomic E-state index is 13.3. The fourth-order valence-electron chi connectivity index (χ4n) is 3.26. The van der Waals surface area contributed by atoms with E-state index in [1.165, 1.54) is 9.21 Å². The number of anilines is 1. The number of aliphatic hydroxyl groups excluding tert-OH is 1. The SMILES string of the molecule is COc1ccc(N(CC(O)C[NH+]2CCOCC2)S(=O)(=O)c2ccccc2)cc1. The van der Waals surface area contributed by atoms with Crippen molar-refractivity contribution >= 4 is 15.7 Å². The molecule has 0 saturated carbocycles. The molecule has 0 amide bonds. The Hall–Kier alpha value is -2.13. The first-order chi connectivity index (χ1) is 13.5. The first-order valence-corrected chi connectivity index (χ1v) is 10.8. The van der Waals surface area contributed by atoms with Crippen molar-refractivity contribution in [3.63, 3.8) is 0 Å². The van der Waals surface area contributed by atoms with E-state index in [1.807, 2.05) is 0 Å². The molecule has 1 aliphatic heterocycles. The fourth-order valence-corrected chi connectivity index (χ4v) is 4.79. The van der Waals surface area contributed by atoms with Gasteiger partial charge in [0.2, 0.25) is 0 Å². The van der Waals surface area contributed by atoms with Crippen LogP contribution in [0.3, 0.4) is 0 Å². The van der Waals surface area contributed by atoms with Gasteiger partial charge in [-0.3, -0.25) is 4.31 Å². The van der Waals surface area contributed by atoms with Gasteiger partial charge in [-0.15, -0.1) is 0 Å². The maximum absolute atomic E-state index is 13.3. The van der Waals surface area contributed by atoms with Gasteiger partial charge in [0.05, 0.1) is 37.5 Å². The van der Waals surface area contributed by atoms with E-state index in [-0.39, 0.29) is 11.4 Å². The van der Waals surface area contributed by atoms with E-state index >= 15 is 0 Å². The van der Waals surface area contributed by atoms with Crippen molar-refractivity contribution in [1.29, 1.82) is 0 Å². The summed E-state index contributed by atoms with van der Waals surface area (Å²) in [5, 5.41) is 10.7. The van der Waals surface area contributed by atoms with Crippen LogP contribution in [0.4, 0.5) is 5.69 Å². The predicted molar refractivity (Wildman–Crippen MR) is 106 cm³/mol. The molecular formula is C20H27N2O5S+. The molecule has 1 aliphatic rings. The third kappa shape index (κ3) is 5.02. The molecule has 1 unspecified atom stereocenters. The second-order valence-corrected chi connectivity index (χ2v) is 8.63. The number of methoxy groups -OCH3 is 1. The lowest BCUT2D eigenvalue weighted by Crippen LogP contribution is -3.15. The van der Waals surface area contributed by atoms with E-state index in [0.717, 1.165) is 13.1 Å². The Morgan fingerprint density at radius 2 is 1.75 bits per heavy atom. The second kappa shape index (κ2) is 9.38. The average Bonchev–Trinajstić information content (AvgIpc) is 2.73. The number of aliphatic hydroxyl groups is 1. The highest BCUT2D eigenvalue weighted by Gasteiger charge is 2.29. The van der Waals surface area contributed by atoms with Crippen LogP contribution in [0.25, 0.3) is 0 Å². The highest BCUT2D eigenvalue weighted by atomic mass is 32.2. The fraction of sp³-hybridized carbons (Fsp3) is 0.400. The molecule has 2 N–H and O–H groups in total. The number of benzene rings is 2. The second-order valence-electron chi connectivity index (χ2n) is 6.77.